The number of nitrogens with zero attached hydrogens (tertiary/aromatic N) is 1. The number of allylic oxidation sites excluding steroid dienone is 1. The van der Waals surface area contributed by atoms with E-state index in [1.165, 1.54) is 6.08 Å². The van der Waals surface area contributed by atoms with Crippen molar-refractivity contribution >= 4 is 35.1 Å². The average Bonchev–Trinajstić information content (AvgIpc) is 2.74. The van der Waals surface area contributed by atoms with Crippen molar-refractivity contribution < 1.29 is 19.0 Å². The van der Waals surface area contributed by atoms with Gasteiger partial charge in [-0.2, -0.15) is 0 Å². The largest absolute Gasteiger partial charge is 0.493 e. The molecule has 5 nitrogen and oxygen atoms in total. The number of methoxy groups -OCH3 is 1. The molecule has 3 rings (SSSR count). The molecule has 1 saturated heterocycles. The van der Waals surface area contributed by atoms with Gasteiger partial charge in [-0.3, -0.25) is 9.69 Å². The number of hydrogen-bond donors (Lipinski definition) is 0. The molecule has 0 spiro atoms. The fourth-order valence-corrected chi connectivity index (χ4v) is 4.30. The van der Waals surface area contributed by atoms with Crippen LogP contribution >= 0.6 is 23.2 Å². The zero-order valence-electron chi connectivity index (χ0n) is 18.6. The molecule has 0 radical (unpaired) electrons. The molecule has 2 aromatic carbocycles. The first kappa shape index (κ1) is 24.6. The Balaban J connectivity index is 1.54. The smallest absolute Gasteiger partial charge is 0.187 e. The van der Waals surface area contributed by atoms with Gasteiger partial charge in [0, 0.05) is 30.2 Å². The fourth-order valence-electron chi connectivity index (χ4n) is 3.80. The molecule has 1 aliphatic rings. The summed E-state index contributed by atoms with van der Waals surface area (Å²) in [7, 11) is 1.60. The third kappa shape index (κ3) is 6.97. The Hall–Kier alpha value is -2.05. The van der Waals surface area contributed by atoms with Gasteiger partial charge in [0.15, 0.2) is 17.3 Å². The first-order valence-electron chi connectivity index (χ1n) is 10.7. The summed E-state index contributed by atoms with van der Waals surface area (Å²) in [6.07, 6.45) is 4.65. The molecule has 0 aliphatic carbocycles. The summed E-state index contributed by atoms with van der Waals surface area (Å²) in [6.45, 7) is 7.69. The molecule has 0 aromatic heterocycles. The lowest BCUT2D eigenvalue weighted by Gasteiger charge is -2.35. The molecule has 2 unspecified atom stereocenters. The number of hydrogen-bond acceptors (Lipinski definition) is 5. The van der Waals surface area contributed by atoms with Gasteiger partial charge >= 0.3 is 0 Å². The second-order valence-electron chi connectivity index (χ2n) is 7.95. The van der Waals surface area contributed by atoms with Gasteiger partial charge in [0.25, 0.3) is 0 Å². The molecule has 2 atom stereocenters. The van der Waals surface area contributed by atoms with Crippen LogP contribution in [0.2, 0.25) is 10.0 Å². The Bertz CT molecular complexity index is 953. The van der Waals surface area contributed by atoms with Crippen molar-refractivity contribution in [2.45, 2.75) is 32.5 Å². The molecule has 7 heteroatoms. The molecule has 0 amide bonds. The van der Waals surface area contributed by atoms with Crippen molar-refractivity contribution in [1.29, 1.82) is 0 Å². The maximum atomic E-state index is 12.4. The second-order valence-corrected chi connectivity index (χ2v) is 8.79. The van der Waals surface area contributed by atoms with Crippen LogP contribution in [0, 0.1) is 0 Å². The molecule has 172 valence electrons. The molecule has 2 aromatic rings. The average molecular weight is 478 g/mol. The van der Waals surface area contributed by atoms with Crippen molar-refractivity contribution in [3.8, 4) is 11.5 Å². The number of morpholine rings is 1. The van der Waals surface area contributed by atoms with E-state index in [1.54, 1.807) is 31.4 Å². The van der Waals surface area contributed by atoms with E-state index in [1.807, 2.05) is 18.2 Å². The van der Waals surface area contributed by atoms with Gasteiger partial charge in [0.1, 0.15) is 0 Å². The van der Waals surface area contributed by atoms with Crippen LogP contribution in [0.5, 0.6) is 11.5 Å². The summed E-state index contributed by atoms with van der Waals surface area (Å²) in [5, 5.41) is 0.819. The highest BCUT2D eigenvalue weighted by Gasteiger charge is 2.21. The zero-order valence-corrected chi connectivity index (χ0v) is 20.2. The number of carbonyl (C=O) groups is 1. The summed E-state index contributed by atoms with van der Waals surface area (Å²) in [5.74, 6) is 1.11. The van der Waals surface area contributed by atoms with Gasteiger partial charge in [-0.25, -0.2) is 0 Å². The molecule has 0 bridgehead atoms. The highest BCUT2D eigenvalue weighted by Crippen LogP contribution is 2.29. The van der Waals surface area contributed by atoms with E-state index in [0.717, 1.165) is 31.6 Å². The van der Waals surface area contributed by atoms with E-state index in [-0.39, 0.29) is 18.0 Å². The Morgan fingerprint density at radius 3 is 2.56 bits per heavy atom. The van der Waals surface area contributed by atoms with Crippen molar-refractivity contribution in [1.82, 2.24) is 4.90 Å². The van der Waals surface area contributed by atoms with Gasteiger partial charge in [0.2, 0.25) is 0 Å². The molecular weight excluding hydrogens is 449 g/mol. The predicted molar refractivity (Wildman–Crippen MR) is 129 cm³/mol. The topological polar surface area (TPSA) is 48.0 Å². The molecule has 1 aliphatic heterocycles. The van der Waals surface area contributed by atoms with E-state index < -0.39 is 0 Å². The number of ether oxygens (including phenoxy) is 3. The van der Waals surface area contributed by atoms with Gasteiger partial charge in [-0.15, -0.1) is 0 Å². The zero-order chi connectivity index (χ0) is 23.1. The van der Waals surface area contributed by atoms with Crippen LogP contribution in [-0.2, 0) is 4.74 Å². The first-order chi connectivity index (χ1) is 15.4. The minimum absolute atomic E-state index is 0.197. The Labute approximate surface area is 199 Å². The highest BCUT2D eigenvalue weighted by molar-refractivity contribution is 6.37. The third-order valence-electron chi connectivity index (χ3n) is 5.18. The lowest BCUT2D eigenvalue weighted by Crippen LogP contribution is -2.45. The Morgan fingerprint density at radius 1 is 1.12 bits per heavy atom. The summed E-state index contributed by atoms with van der Waals surface area (Å²) in [6, 6.07) is 10.4. The maximum Gasteiger partial charge on any atom is 0.187 e. The normalized spacial score (nSPS) is 19.3. The number of halogens is 2. The van der Waals surface area contributed by atoms with Crippen LogP contribution in [0.1, 0.15) is 36.2 Å². The van der Waals surface area contributed by atoms with Crippen LogP contribution in [0.15, 0.2) is 42.5 Å². The van der Waals surface area contributed by atoms with Crippen molar-refractivity contribution in [2.75, 3.05) is 33.4 Å². The number of carbonyl (C=O) groups excluding carboxylic acids is 1. The minimum Gasteiger partial charge on any atom is -0.493 e. The van der Waals surface area contributed by atoms with Gasteiger partial charge in [-0.1, -0.05) is 35.3 Å². The van der Waals surface area contributed by atoms with E-state index >= 15 is 0 Å². The van der Waals surface area contributed by atoms with Crippen LogP contribution in [-0.4, -0.2) is 56.2 Å². The van der Waals surface area contributed by atoms with Gasteiger partial charge < -0.3 is 14.2 Å². The lowest BCUT2D eigenvalue weighted by molar-refractivity contribution is -0.0686. The van der Waals surface area contributed by atoms with E-state index in [2.05, 4.69) is 18.7 Å². The second kappa shape index (κ2) is 11.7. The molecule has 1 fully saturated rings. The third-order valence-corrected chi connectivity index (χ3v) is 5.73. The molecule has 1 heterocycles. The standard InChI is InChI=1S/C25H29Cl2NO4/c1-17-15-28(16-18(2)32-17)11-4-12-31-24-10-6-19(13-25(24)30-3)5-9-23(29)21-8-7-20(26)14-22(21)27/h5-10,13-14,17-18H,4,11-12,15-16H2,1-3H3/b9-5+. The summed E-state index contributed by atoms with van der Waals surface area (Å²) in [5.41, 5.74) is 1.23. The fraction of sp³-hybridized carbons (Fsp3) is 0.400. The quantitative estimate of drug-likeness (QED) is 0.260. The van der Waals surface area contributed by atoms with Crippen LogP contribution in [0.25, 0.3) is 6.08 Å². The Kier molecular flexibility index (Phi) is 9.00. The van der Waals surface area contributed by atoms with Crippen molar-refractivity contribution in [3.63, 3.8) is 0 Å². The number of benzene rings is 2. The minimum atomic E-state index is -0.197. The van der Waals surface area contributed by atoms with Crippen molar-refractivity contribution in [2.24, 2.45) is 0 Å². The molecule has 0 N–H and O–H groups in total. The molecule has 0 saturated carbocycles. The van der Waals surface area contributed by atoms with Gasteiger partial charge in [0.05, 0.1) is 30.9 Å². The van der Waals surface area contributed by atoms with E-state index in [4.69, 9.17) is 37.4 Å². The number of ketones is 1. The number of rotatable bonds is 9. The van der Waals surface area contributed by atoms with Crippen LogP contribution in [0.3, 0.4) is 0 Å². The maximum absolute atomic E-state index is 12.4. The highest BCUT2D eigenvalue weighted by atomic mass is 35.5. The molecule has 32 heavy (non-hydrogen) atoms. The van der Waals surface area contributed by atoms with Crippen molar-refractivity contribution in [3.05, 3.63) is 63.6 Å². The van der Waals surface area contributed by atoms with E-state index in [9.17, 15) is 4.79 Å². The summed E-state index contributed by atoms with van der Waals surface area (Å²) in [4.78, 5) is 14.8. The molecular formula is C25H29Cl2NO4. The SMILES string of the molecule is COc1cc(/C=C/C(=O)c2ccc(Cl)cc2Cl)ccc1OCCCN1CC(C)OC(C)C1. The van der Waals surface area contributed by atoms with Crippen LogP contribution < -0.4 is 9.47 Å². The predicted octanol–water partition coefficient (Wildman–Crippen LogP) is 5.78. The van der Waals surface area contributed by atoms with E-state index in [0.29, 0.717) is 33.7 Å². The Morgan fingerprint density at radius 2 is 1.88 bits per heavy atom. The monoisotopic (exact) mass is 477 g/mol. The van der Waals surface area contributed by atoms with Crippen LogP contribution in [0.4, 0.5) is 0 Å². The summed E-state index contributed by atoms with van der Waals surface area (Å²) >= 11 is 12.0. The van der Waals surface area contributed by atoms with Gasteiger partial charge in [-0.05, 0) is 62.2 Å². The lowest BCUT2D eigenvalue weighted by atomic mass is 10.1. The summed E-state index contributed by atoms with van der Waals surface area (Å²) < 4.78 is 17.2. The first-order valence-corrected chi connectivity index (χ1v) is 11.5.